The standard InChI is InChI=1S/C8H5FO4/c9-13-8(12)6-3-1-2-5(4-6)7(10)11/h1-4H,(H,10,11). The zero-order chi connectivity index (χ0) is 9.84. The first-order chi connectivity index (χ1) is 6.15. The highest BCUT2D eigenvalue weighted by Gasteiger charge is 2.10. The number of carboxylic acids is 1. The lowest BCUT2D eigenvalue weighted by molar-refractivity contribution is -0.0788. The molecule has 0 bridgehead atoms. The number of rotatable bonds is 2. The van der Waals surface area contributed by atoms with E-state index in [2.05, 4.69) is 4.94 Å². The summed E-state index contributed by atoms with van der Waals surface area (Å²) in [7, 11) is 0. The summed E-state index contributed by atoms with van der Waals surface area (Å²) in [6.07, 6.45) is 0. The summed E-state index contributed by atoms with van der Waals surface area (Å²) in [6, 6.07) is 4.91. The average molecular weight is 184 g/mol. The van der Waals surface area contributed by atoms with E-state index in [1.165, 1.54) is 18.2 Å². The molecule has 0 spiro atoms. The average Bonchev–Trinajstić information content (AvgIpc) is 2.17. The summed E-state index contributed by atoms with van der Waals surface area (Å²) in [5, 5.41) is 8.52. The Labute approximate surface area is 72.5 Å². The SMILES string of the molecule is O=C(O)c1cccc(C(=O)OF)c1. The van der Waals surface area contributed by atoms with Crippen molar-refractivity contribution >= 4 is 11.9 Å². The molecule has 0 fully saturated rings. The molecule has 0 saturated carbocycles. The molecule has 68 valence electrons. The number of aromatic carboxylic acids is 1. The monoisotopic (exact) mass is 184 g/mol. The minimum absolute atomic E-state index is 0.0945. The Kier molecular flexibility index (Phi) is 2.59. The van der Waals surface area contributed by atoms with Gasteiger partial charge in [-0.05, 0) is 18.2 Å². The van der Waals surface area contributed by atoms with Gasteiger partial charge >= 0.3 is 11.9 Å². The number of benzene rings is 1. The molecule has 0 saturated heterocycles. The van der Waals surface area contributed by atoms with Crippen LogP contribution in [0, 0.1) is 0 Å². The minimum Gasteiger partial charge on any atom is -0.478 e. The number of carbonyl (C=O) groups is 2. The van der Waals surface area contributed by atoms with E-state index in [0.29, 0.717) is 0 Å². The van der Waals surface area contributed by atoms with Crippen molar-refractivity contribution in [1.29, 1.82) is 0 Å². The molecule has 0 aromatic heterocycles. The first-order valence-corrected chi connectivity index (χ1v) is 3.31. The van der Waals surface area contributed by atoms with Crippen LogP contribution in [-0.2, 0) is 4.94 Å². The Balaban J connectivity index is 3.05. The fraction of sp³-hybridized carbons (Fsp3) is 0. The third-order valence-corrected chi connectivity index (χ3v) is 1.42. The molecule has 13 heavy (non-hydrogen) atoms. The predicted molar refractivity (Wildman–Crippen MR) is 39.9 cm³/mol. The number of hydrogen-bond acceptors (Lipinski definition) is 3. The number of hydrogen-bond donors (Lipinski definition) is 1. The lowest BCUT2D eigenvalue weighted by Gasteiger charge is -1.96. The maximum Gasteiger partial charge on any atom is 0.379 e. The molecule has 0 amide bonds. The molecule has 1 rings (SSSR count). The van der Waals surface area contributed by atoms with Crippen LogP contribution in [0.25, 0.3) is 0 Å². The van der Waals surface area contributed by atoms with E-state index in [4.69, 9.17) is 5.11 Å². The van der Waals surface area contributed by atoms with Gasteiger partial charge in [0.2, 0.25) is 0 Å². The maximum absolute atomic E-state index is 11.4. The first-order valence-electron chi connectivity index (χ1n) is 3.31. The van der Waals surface area contributed by atoms with E-state index in [-0.39, 0.29) is 11.1 Å². The molecule has 0 heterocycles. The van der Waals surface area contributed by atoms with E-state index < -0.39 is 11.9 Å². The van der Waals surface area contributed by atoms with E-state index in [1.54, 1.807) is 0 Å². The molecule has 4 nitrogen and oxygen atoms in total. The van der Waals surface area contributed by atoms with Crippen molar-refractivity contribution in [3.05, 3.63) is 35.4 Å². The predicted octanol–water partition coefficient (Wildman–Crippen LogP) is 1.43. The molecule has 0 unspecified atom stereocenters. The van der Waals surface area contributed by atoms with Crippen molar-refractivity contribution in [3.63, 3.8) is 0 Å². The molecule has 1 N–H and O–H groups in total. The topological polar surface area (TPSA) is 63.6 Å². The van der Waals surface area contributed by atoms with E-state index >= 15 is 0 Å². The van der Waals surface area contributed by atoms with Crippen LogP contribution in [0.1, 0.15) is 20.7 Å². The molecular weight excluding hydrogens is 179 g/mol. The van der Waals surface area contributed by atoms with Crippen LogP contribution in [0.5, 0.6) is 0 Å². The highest BCUT2D eigenvalue weighted by molar-refractivity contribution is 5.94. The number of carboxylic acid groups (broad SMARTS) is 1. The molecule has 0 aliphatic carbocycles. The Morgan fingerprint density at radius 3 is 2.46 bits per heavy atom. The Hall–Kier alpha value is -1.91. The number of carbonyl (C=O) groups excluding carboxylic acids is 1. The molecule has 0 radical (unpaired) electrons. The second kappa shape index (κ2) is 3.66. The molecule has 0 aliphatic rings. The van der Waals surface area contributed by atoms with E-state index in [0.717, 1.165) is 6.07 Å². The lowest BCUT2D eigenvalue weighted by atomic mass is 10.1. The number of halogens is 1. The van der Waals surface area contributed by atoms with Crippen molar-refractivity contribution in [2.75, 3.05) is 0 Å². The lowest BCUT2D eigenvalue weighted by Crippen LogP contribution is -2.02. The summed E-state index contributed by atoms with van der Waals surface area (Å²) in [6.45, 7) is 0. The third kappa shape index (κ3) is 2.02. The van der Waals surface area contributed by atoms with Gasteiger partial charge in [-0.2, -0.15) is 0 Å². The maximum atomic E-state index is 11.4. The second-order valence-electron chi connectivity index (χ2n) is 2.25. The summed E-state index contributed by atoms with van der Waals surface area (Å²) in [4.78, 5) is 24.0. The van der Waals surface area contributed by atoms with Gasteiger partial charge in [-0.15, -0.1) is 0 Å². The Morgan fingerprint density at radius 2 is 1.92 bits per heavy atom. The van der Waals surface area contributed by atoms with E-state index in [1.807, 2.05) is 0 Å². The molecular formula is C8H5FO4. The normalized spacial score (nSPS) is 9.31. The molecule has 0 aliphatic heterocycles. The molecule has 0 atom stereocenters. The highest BCUT2D eigenvalue weighted by Crippen LogP contribution is 2.06. The van der Waals surface area contributed by atoms with Gasteiger partial charge in [0, 0.05) is 4.53 Å². The van der Waals surface area contributed by atoms with Crippen molar-refractivity contribution < 1.29 is 24.2 Å². The van der Waals surface area contributed by atoms with Crippen molar-refractivity contribution in [2.45, 2.75) is 0 Å². The van der Waals surface area contributed by atoms with Gasteiger partial charge in [-0.25, -0.2) is 14.5 Å². The fourth-order valence-corrected chi connectivity index (χ4v) is 0.824. The van der Waals surface area contributed by atoms with Crippen LogP contribution in [0.4, 0.5) is 4.53 Å². The zero-order valence-electron chi connectivity index (χ0n) is 6.36. The van der Waals surface area contributed by atoms with Crippen molar-refractivity contribution in [1.82, 2.24) is 0 Å². The summed E-state index contributed by atoms with van der Waals surface area (Å²) in [5.74, 6) is -2.39. The van der Waals surface area contributed by atoms with Crippen LogP contribution < -0.4 is 0 Å². The summed E-state index contributed by atoms with van der Waals surface area (Å²) < 4.78 is 11.4. The molecule has 1 aromatic carbocycles. The van der Waals surface area contributed by atoms with Gasteiger partial charge in [0.25, 0.3) is 0 Å². The molecule has 5 heteroatoms. The molecule has 1 aromatic rings. The first kappa shape index (κ1) is 9.18. The van der Waals surface area contributed by atoms with Crippen LogP contribution in [0.3, 0.4) is 0 Å². The van der Waals surface area contributed by atoms with Gasteiger partial charge in [0.15, 0.2) is 0 Å². The van der Waals surface area contributed by atoms with Crippen molar-refractivity contribution in [3.8, 4) is 0 Å². The van der Waals surface area contributed by atoms with Crippen LogP contribution in [0.2, 0.25) is 0 Å². The third-order valence-electron chi connectivity index (χ3n) is 1.42. The summed E-state index contributed by atoms with van der Waals surface area (Å²) in [5.41, 5.74) is -0.231. The zero-order valence-corrected chi connectivity index (χ0v) is 6.36. The van der Waals surface area contributed by atoms with Crippen LogP contribution in [-0.4, -0.2) is 17.0 Å². The minimum atomic E-state index is -1.21. The van der Waals surface area contributed by atoms with Gasteiger partial charge in [0.05, 0.1) is 11.1 Å². The van der Waals surface area contributed by atoms with Gasteiger partial charge in [-0.3, -0.25) is 0 Å². The van der Waals surface area contributed by atoms with Gasteiger partial charge in [-0.1, -0.05) is 6.07 Å². The van der Waals surface area contributed by atoms with E-state index in [9.17, 15) is 14.1 Å². The largest absolute Gasteiger partial charge is 0.478 e. The quantitative estimate of drug-likeness (QED) is 0.754. The smallest absolute Gasteiger partial charge is 0.379 e. The van der Waals surface area contributed by atoms with Gasteiger partial charge < -0.3 is 5.11 Å². The van der Waals surface area contributed by atoms with Gasteiger partial charge in [0.1, 0.15) is 0 Å². The second-order valence-corrected chi connectivity index (χ2v) is 2.25. The Bertz CT molecular complexity index is 348. The van der Waals surface area contributed by atoms with Crippen molar-refractivity contribution in [2.24, 2.45) is 0 Å². The van der Waals surface area contributed by atoms with Crippen LogP contribution >= 0.6 is 0 Å². The van der Waals surface area contributed by atoms with Crippen LogP contribution in [0.15, 0.2) is 24.3 Å². The fourth-order valence-electron chi connectivity index (χ4n) is 0.824. The summed E-state index contributed by atoms with van der Waals surface area (Å²) >= 11 is 0. The highest BCUT2D eigenvalue weighted by atomic mass is 19.3. The Morgan fingerprint density at radius 1 is 1.31 bits per heavy atom.